The van der Waals surface area contributed by atoms with Crippen LogP contribution in [0.4, 0.5) is 0 Å². The molecule has 1 heterocycles. The van der Waals surface area contributed by atoms with E-state index in [0.717, 1.165) is 55.5 Å². The average Bonchev–Trinajstić information content (AvgIpc) is 2.69. The van der Waals surface area contributed by atoms with Gasteiger partial charge in [0, 0.05) is 11.3 Å². The second-order valence-electron chi connectivity index (χ2n) is 5.53. The number of rotatable bonds is 3. The van der Waals surface area contributed by atoms with Gasteiger partial charge in [0.25, 0.3) is 0 Å². The molecule has 0 unspecified atom stereocenters. The van der Waals surface area contributed by atoms with Gasteiger partial charge in [-0.05, 0) is 43.7 Å². The minimum Gasteiger partial charge on any atom is -0.476 e. The SMILES string of the molecule is CCc1ccccc1-n1nc(C(=O)O)c2c1CCCCC2. The first kappa shape index (κ1) is 13.9. The summed E-state index contributed by atoms with van der Waals surface area (Å²) in [6.07, 6.45) is 5.95. The van der Waals surface area contributed by atoms with E-state index in [2.05, 4.69) is 18.1 Å². The highest BCUT2D eigenvalue weighted by Gasteiger charge is 2.24. The van der Waals surface area contributed by atoms with Gasteiger partial charge in [0.1, 0.15) is 0 Å². The first-order chi connectivity index (χ1) is 10.2. The van der Waals surface area contributed by atoms with Crippen LogP contribution < -0.4 is 0 Å². The van der Waals surface area contributed by atoms with Crippen LogP contribution in [0.15, 0.2) is 24.3 Å². The number of nitrogens with zero attached hydrogens (tertiary/aromatic N) is 2. The Morgan fingerprint density at radius 1 is 1.24 bits per heavy atom. The Hall–Kier alpha value is -2.10. The van der Waals surface area contributed by atoms with Crippen molar-refractivity contribution in [1.29, 1.82) is 0 Å². The molecule has 3 rings (SSSR count). The van der Waals surface area contributed by atoms with Crippen LogP contribution in [-0.4, -0.2) is 20.9 Å². The average molecular weight is 284 g/mol. The van der Waals surface area contributed by atoms with Gasteiger partial charge in [-0.15, -0.1) is 0 Å². The molecule has 0 radical (unpaired) electrons. The molecule has 4 heteroatoms. The fourth-order valence-corrected chi connectivity index (χ4v) is 3.16. The third-order valence-corrected chi connectivity index (χ3v) is 4.23. The Kier molecular flexibility index (Phi) is 3.78. The number of fused-ring (bicyclic) bond motifs is 1. The largest absolute Gasteiger partial charge is 0.476 e. The van der Waals surface area contributed by atoms with Crippen LogP contribution in [0.5, 0.6) is 0 Å². The molecule has 0 amide bonds. The number of carboxylic acid groups (broad SMARTS) is 1. The molecule has 1 aliphatic rings. The monoisotopic (exact) mass is 284 g/mol. The molecule has 0 bridgehead atoms. The first-order valence-electron chi connectivity index (χ1n) is 7.64. The molecule has 0 aliphatic heterocycles. The predicted octanol–water partition coefficient (Wildman–Crippen LogP) is 3.40. The van der Waals surface area contributed by atoms with Crippen molar-refractivity contribution < 1.29 is 9.90 Å². The fraction of sp³-hybridized carbons (Fsp3) is 0.412. The Balaban J connectivity index is 2.21. The van der Waals surface area contributed by atoms with Crippen molar-refractivity contribution in [2.24, 2.45) is 0 Å². The Morgan fingerprint density at radius 3 is 2.76 bits per heavy atom. The summed E-state index contributed by atoms with van der Waals surface area (Å²) < 4.78 is 1.88. The molecule has 1 aromatic carbocycles. The molecule has 0 spiro atoms. The Bertz CT molecular complexity index is 673. The molecular weight excluding hydrogens is 264 g/mol. The summed E-state index contributed by atoms with van der Waals surface area (Å²) in [6, 6.07) is 8.12. The normalized spacial score (nSPS) is 14.5. The fourth-order valence-electron chi connectivity index (χ4n) is 3.16. The van der Waals surface area contributed by atoms with E-state index in [1.165, 1.54) is 5.56 Å². The van der Waals surface area contributed by atoms with Crippen LogP contribution in [0, 0.1) is 0 Å². The zero-order chi connectivity index (χ0) is 14.8. The van der Waals surface area contributed by atoms with Crippen molar-refractivity contribution in [1.82, 2.24) is 9.78 Å². The lowest BCUT2D eigenvalue weighted by atomic mass is 10.1. The summed E-state index contributed by atoms with van der Waals surface area (Å²) in [5.41, 5.74) is 4.48. The highest BCUT2D eigenvalue weighted by Crippen LogP contribution is 2.27. The van der Waals surface area contributed by atoms with Crippen LogP contribution in [0.1, 0.15) is 53.5 Å². The number of aryl methyl sites for hydroxylation is 1. The lowest BCUT2D eigenvalue weighted by Gasteiger charge is -2.11. The highest BCUT2D eigenvalue weighted by atomic mass is 16.4. The summed E-state index contributed by atoms with van der Waals surface area (Å²) >= 11 is 0. The molecule has 1 aromatic heterocycles. The molecule has 0 saturated heterocycles. The summed E-state index contributed by atoms with van der Waals surface area (Å²) in [5.74, 6) is -0.916. The van der Waals surface area contributed by atoms with Crippen molar-refractivity contribution in [3.63, 3.8) is 0 Å². The molecule has 4 nitrogen and oxygen atoms in total. The van der Waals surface area contributed by atoms with Gasteiger partial charge < -0.3 is 5.11 Å². The van der Waals surface area contributed by atoms with Crippen LogP contribution in [0.2, 0.25) is 0 Å². The number of para-hydroxylation sites is 1. The second-order valence-corrected chi connectivity index (χ2v) is 5.53. The first-order valence-corrected chi connectivity index (χ1v) is 7.64. The van der Waals surface area contributed by atoms with E-state index in [-0.39, 0.29) is 5.69 Å². The van der Waals surface area contributed by atoms with Gasteiger partial charge in [0.05, 0.1) is 5.69 Å². The predicted molar refractivity (Wildman–Crippen MR) is 81.2 cm³/mol. The van der Waals surface area contributed by atoms with E-state index >= 15 is 0 Å². The number of carbonyl (C=O) groups is 1. The summed E-state index contributed by atoms with van der Waals surface area (Å²) in [6.45, 7) is 2.11. The molecule has 1 aliphatic carbocycles. The van der Waals surface area contributed by atoms with Gasteiger partial charge in [0.15, 0.2) is 5.69 Å². The summed E-state index contributed by atoms with van der Waals surface area (Å²) in [7, 11) is 0. The standard InChI is InChI=1S/C17H20N2O2/c1-2-12-8-6-7-10-14(12)19-15-11-5-3-4-9-13(15)16(18-19)17(20)21/h6-8,10H,2-5,9,11H2,1H3,(H,20,21). The lowest BCUT2D eigenvalue weighted by molar-refractivity contribution is 0.0688. The topological polar surface area (TPSA) is 55.1 Å². The molecule has 0 saturated carbocycles. The minimum absolute atomic E-state index is 0.234. The van der Waals surface area contributed by atoms with Crippen LogP contribution >= 0.6 is 0 Å². The number of hydrogen-bond acceptors (Lipinski definition) is 2. The van der Waals surface area contributed by atoms with E-state index in [0.29, 0.717) is 0 Å². The number of aromatic nitrogens is 2. The minimum atomic E-state index is -0.916. The van der Waals surface area contributed by atoms with Crippen LogP contribution in [-0.2, 0) is 19.3 Å². The third-order valence-electron chi connectivity index (χ3n) is 4.23. The Labute approximate surface area is 124 Å². The second kappa shape index (κ2) is 5.72. The maximum absolute atomic E-state index is 11.5. The number of aromatic carboxylic acids is 1. The molecule has 110 valence electrons. The van der Waals surface area contributed by atoms with Gasteiger partial charge in [0.2, 0.25) is 0 Å². The quantitative estimate of drug-likeness (QED) is 0.879. The van der Waals surface area contributed by atoms with Gasteiger partial charge >= 0.3 is 5.97 Å². The maximum Gasteiger partial charge on any atom is 0.356 e. The van der Waals surface area contributed by atoms with Gasteiger partial charge in [-0.3, -0.25) is 0 Å². The molecule has 2 aromatic rings. The Morgan fingerprint density at radius 2 is 2.00 bits per heavy atom. The van der Waals surface area contributed by atoms with E-state index in [4.69, 9.17) is 0 Å². The summed E-state index contributed by atoms with van der Waals surface area (Å²) in [4.78, 5) is 11.5. The maximum atomic E-state index is 11.5. The van der Waals surface area contributed by atoms with E-state index < -0.39 is 5.97 Å². The number of hydrogen-bond donors (Lipinski definition) is 1. The van der Waals surface area contributed by atoms with Crippen molar-refractivity contribution in [2.45, 2.75) is 45.4 Å². The third kappa shape index (κ3) is 2.46. The molecule has 0 fully saturated rings. The van der Waals surface area contributed by atoms with Gasteiger partial charge in [-0.25, -0.2) is 9.48 Å². The van der Waals surface area contributed by atoms with Crippen molar-refractivity contribution in [3.05, 3.63) is 46.8 Å². The van der Waals surface area contributed by atoms with E-state index in [1.54, 1.807) is 0 Å². The van der Waals surface area contributed by atoms with Crippen LogP contribution in [0.25, 0.3) is 5.69 Å². The van der Waals surface area contributed by atoms with E-state index in [9.17, 15) is 9.90 Å². The molecule has 1 N–H and O–H groups in total. The summed E-state index contributed by atoms with van der Waals surface area (Å²) in [5, 5.41) is 13.9. The smallest absolute Gasteiger partial charge is 0.356 e. The van der Waals surface area contributed by atoms with E-state index in [1.807, 2.05) is 22.9 Å². The molecule has 0 atom stereocenters. The van der Waals surface area contributed by atoms with Crippen molar-refractivity contribution in [2.75, 3.05) is 0 Å². The van der Waals surface area contributed by atoms with Gasteiger partial charge in [-0.2, -0.15) is 5.10 Å². The van der Waals surface area contributed by atoms with Gasteiger partial charge in [-0.1, -0.05) is 31.5 Å². The van der Waals surface area contributed by atoms with Crippen molar-refractivity contribution in [3.8, 4) is 5.69 Å². The zero-order valence-electron chi connectivity index (χ0n) is 12.3. The highest BCUT2D eigenvalue weighted by molar-refractivity contribution is 5.87. The lowest BCUT2D eigenvalue weighted by Crippen LogP contribution is -2.06. The zero-order valence-corrected chi connectivity index (χ0v) is 12.3. The number of benzene rings is 1. The molecular formula is C17H20N2O2. The number of carboxylic acids is 1. The molecule has 21 heavy (non-hydrogen) atoms. The van der Waals surface area contributed by atoms with Crippen molar-refractivity contribution >= 4 is 5.97 Å². The van der Waals surface area contributed by atoms with Crippen LogP contribution in [0.3, 0.4) is 0 Å².